The molecule has 0 saturated heterocycles. The molecule has 1 aliphatic rings. The second kappa shape index (κ2) is 8.85. The van der Waals surface area contributed by atoms with Crippen LogP contribution in [-0.2, 0) is 11.8 Å². The highest BCUT2D eigenvalue weighted by atomic mass is 32.2. The lowest BCUT2D eigenvalue weighted by atomic mass is 10.1. The fraction of sp³-hybridized carbons (Fsp3) is 0.160. The van der Waals surface area contributed by atoms with Crippen LogP contribution in [0.4, 0.5) is 11.4 Å². The van der Waals surface area contributed by atoms with E-state index in [1.54, 1.807) is 43.3 Å². The summed E-state index contributed by atoms with van der Waals surface area (Å²) in [5.74, 6) is -0.889. The Hall–Kier alpha value is -3.82. The normalized spacial score (nSPS) is 12.9. The summed E-state index contributed by atoms with van der Waals surface area (Å²) in [5.41, 5.74) is 3.34. The van der Waals surface area contributed by atoms with Gasteiger partial charge in [-0.1, -0.05) is 23.9 Å². The van der Waals surface area contributed by atoms with Gasteiger partial charge < -0.3 is 19.4 Å². The van der Waals surface area contributed by atoms with E-state index in [2.05, 4.69) is 5.32 Å². The number of hydrogen-bond donors (Lipinski definition) is 1. The van der Waals surface area contributed by atoms with E-state index in [-0.39, 0.29) is 11.8 Å². The molecule has 4 aromatic rings. The maximum Gasteiger partial charge on any atom is 0.419 e. The Morgan fingerprint density at radius 2 is 1.88 bits per heavy atom. The number of rotatable bonds is 5. The van der Waals surface area contributed by atoms with Crippen molar-refractivity contribution in [2.75, 3.05) is 30.5 Å². The second-order valence-corrected chi connectivity index (χ2v) is 8.88. The number of nitrogens with zero attached hydrogens (tertiary/aromatic N) is 2. The van der Waals surface area contributed by atoms with Crippen LogP contribution in [0.15, 0.2) is 79.7 Å². The van der Waals surface area contributed by atoms with Gasteiger partial charge in [0.05, 0.1) is 23.4 Å². The molecule has 5 rings (SSSR count). The standard InChI is InChI=1S/C25H21N3O5S/c1-27-19-13-15(7-10-20(19)33-25(27)31)23(29)26-16-8-9-18-22(14-16)34-21-6-4-3-5-17(21)24(30)28(18)11-12-32-2/h3-10,13-14H,11-12H2,1-2H3,(H,26,29). The number of nitrogens with one attached hydrogen (secondary N) is 1. The minimum Gasteiger partial charge on any atom is -0.408 e. The van der Waals surface area contributed by atoms with Gasteiger partial charge in [-0.05, 0) is 48.5 Å². The quantitative estimate of drug-likeness (QED) is 0.466. The van der Waals surface area contributed by atoms with Crippen LogP contribution in [0.25, 0.3) is 11.1 Å². The van der Waals surface area contributed by atoms with Gasteiger partial charge in [0.25, 0.3) is 11.8 Å². The van der Waals surface area contributed by atoms with Gasteiger partial charge in [-0.2, -0.15) is 0 Å². The number of carbonyl (C=O) groups is 2. The first-order valence-corrected chi connectivity index (χ1v) is 11.4. The first-order chi connectivity index (χ1) is 16.5. The Balaban J connectivity index is 1.48. The van der Waals surface area contributed by atoms with Crippen molar-refractivity contribution in [3.05, 3.63) is 82.3 Å². The number of methoxy groups -OCH3 is 1. The number of carbonyl (C=O) groups excluding carboxylic acids is 2. The van der Waals surface area contributed by atoms with Crippen LogP contribution in [0.5, 0.6) is 0 Å². The summed E-state index contributed by atoms with van der Waals surface area (Å²) in [6.45, 7) is 0.807. The SMILES string of the molecule is COCCN1C(=O)c2ccccc2Sc2cc(NC(=O)c3ccc4oc(=O)n(C)c4c3)ccc21. The largest absolute Gasteiger partial charge is 0.419 e. The Morgan fingerprint density at radius 3 is 2.71 bits per heavy atom. The third-order valence-electron chi connectivity index (χ3n) is 5.66. The van der Waals surface area contributed by atoms with Gasteiger partial charge in [-0.25, -0.2) is 4.79 Å². The molecule has 0 aliphatic carbocycles. The van der Waals surface area contributed by atoms with Crippen LogP contribution in [0.2, 0.25) is 0 Å². The van der Waals surface area contributed by atoms with Gasteiger partial charge in [-0.15, -0.1) is 0 Å². The van der Waals surface area contributed by atoms with Crippen molar-refractivity contribution in [1.29, 1.82) is 0 Å². The zero-order chi connectivity index (χ0) is 23.8. The van der Waals surface area contributed by atoms with E-state index < -0.39 is 5.76 Å². The van der Waals surface area contributed by atoms with Crippen LogP contribution >= 0.6 is 11.8 Å². The highest BCUT2D eigenvalue weighted by molar-refractivity contribution is 7.99. The van der Waals surface area contributed by atoms with Gasteiger partial charge >= 0.3 is 5.76 Å². The summed E-state index contributed by atoms with van der Waals surface area (Å²) < 4.78 is 11.7. The molecule has 8 nitrogen and oxygen atoms in total. The van der Waals surface area contributed by atoms with E-state index >= 15 is 0 Å². The van der Waals surface area contributed by atoms with Crippen molar-refractivity contribution >= 4 is 46.1 Å². The molecule has 1 aliphatic heterocycles. The maximum atomic E-state index is 13.2. The third-order valence-corrected chi connectivity index (χ3v) is 6.79. The Labute approximate surface area is 199 Å². The van der Waals surface area contributed by atoms with Crippen LogP contribution in [0.3, 0.4) is 0 Å². The van der Waals surface area contributed by atoms with Gasteiger partial charge in [0.2, 0.25) is 0 Å². The lowest BCUT2D eigenvalue weighted by Crippen LogP contribution is -2.33. The molecular formula is C25H21N3O5S. The van der Waals surface area contributed by atoms with E-state index in [9.17, 15) is 14.4 Å². The van der Waals surface area contributed by atoms with E-state index in [0.29, 0.717) is 41.1 Å². The van der Waals surface area contributed by atoms with E-state index in [0.717, 1.165) is 15.5 Å². The first kappa shape index (κ1) is 22.0. The Morgan fingerprint density at radius 1 is 1.06 bits per heavy atom. The summed E-state index contributed by atoms with van der Waals surface area (Å²) >= 11 is 1.48. The van der Waals surface area contributed by atoms with Crippen molar-refractivity contribution in [2.45, 2.75) is 9.79 Å². The Kier molecular flexibility index (Phi) is 5.72. The van der Waals surface area contributed by atoms with Gasteiger partial charge in [0.15, 0.2) is 5.58 Å². The van der Waals surface area contributed by atoms with E-state index in [4.69, 9.17) is 9.15 Å². The zero-order valence-corrected chi connectivity index (χ0v) is 19.3. The molecule has 0 bridgehead atoms. The molecule has 9 heteroatoms. The summed E-state index contributed by atoms with van der Waals surface area (Å²) in [6.07, 6.45) is 0. The second-order valence-electron chi connectivity index (χ2n) is 7.79. The Bertz CT molecular complexity index is 1490. The number of anilines is 2. The maximum absolute atomic E-state index is 13.2. The fourth-order valence-corrected chi connectivity index (χ4v) is 5.00. The lowest BCUT2D eigenvalue weighted by Gasteiger charge is -2.23. The van der Waals surface area contributed by atoms with Crippen molar-refractivity contribution in [3.63, 3.8) is 0 Å². The average Bonchev–Trinajstić information content (AvgIpc) is 3.06. The predicted molar refractivity (Wildman–Crippen MR) is 130 cm³/mol. The predicted octanol–water partition coefficient (Wildman–Crippen LogP) is 4.14. The van der Waals surface area contributed by atoms with Crippen molar-refractivity contribution < 1.29 is 18.7 Å². The van der Waals surface area contributed by atoms with Crippen LogP contribution in [0.1, 0.15) is 20.7 Å². The molecular weight excluding hydrogens is 454 g/mol. The number of aryl methyl sites for hydroxylation is 1. The van der Waals surface area contributed by atoms with Gasteiger partial charge in [0, 0.05) is 41.7 Å². The van der Waals surface area contributed by atoms with E-state index in [1.165, 1.54) is 16.3 Å². The topological polar surface area (TPSA) is 93.8 Å². The number of benzene rings is 3. The lowest BCUT2D eigenvalue weighted by molar-refractivity contribution is 0.0972. The molecule has 1 N–H and O–H groups in total. The number of ether oxygens (including phenoxy) is 1. The summed E-state index contributed by atoms with van der Waals surface area (Å²) in [7, 11) is 3.19. The minimum absolute atomic E-state index is 0.0882. The molecule has 1 aromatic heterocycles. The number of amides is 2. The number of aromatic nitrogens is 1. The first-order valence-electron chi connectivity index (χ1n) is 10.6. The third kappa shape index (κ3) is 3.89. The van der Waals surface area contributed by atoms with Crippen LogP contribution in [0, 0.1) is 0 Å². The molecule has 0 fully saturated rings. The van der Waals surface area contributed by atoms with Gasteiger partial charge in [-0.3, -0.25) is 14.2 Å². The summed E-state index contributed by atoms with van der Waals surface area (Å²) in [5, 5.41) is 2.91. The number of oxazole rings is 1. The molecule has 172 valence electrons. The minimum atomic E-state index is -0.483. The highest BCUT2D eigenvalue weighted by Gasteiger charge is 2.27. The molecule has 2 amide bonds. The molecule has 34 heavy (non-hydrogen) atoms. The molecule has 3 aromatic carbocycles. The molecule has 0 unspecified atom stereocenters. The van der Waals surface area contributed by atoms with Gasteiger partial charge in [0.1, 0.15) is 0 Å². The highest BCUT2D eigenvalue weighted by Crippen LogP contribution is 2.42. The zero-order valence-electron chi connectivity index (χ0n) is 18.5. The molecule has 0 radical (unpaired) electrons. The molecule has 0 spiro atoms. The fourth-order valence-electron chi connectivity index (χ4n) is 3.88. The number of hydrogen-bond acceptors (Lipinski definition) is 6. The van der Waals surface area contributed by atoms with Crippen LogP contribution < -0.4 is 16.0 Å². The van der Waals surface area contributed by atoms with Crippen molar-refractivity contribution in [3.8, 4) is 0 Å². The van der Waals surface area contributed by atoms with Crippen LogP contribution in [-0.4, -0.2) is 36.6 Å². The smallest absolute Gasteiger partial charge is 0.408 e. The monoisotopic (exact) mass is 475 g/mol. The summed E-state index contributed by atoms with van der Waals surface area (Å²) in [6, 6.07) is 17.8. The average molecular weight is 476 g/mol. The molecule has 0 saturated carbocycles. The van der Waals surface area contributed by atoms with Crippen molar-refractivity contribution in [2.24, 2.45) is 7.05 Å². The van der Waals surface area contributed by atoms with Crippen molar-refractivity contribution in [1.82, 2.24) is 4.57 Å². The van der Waals surface area contributed by atoms with E-state index in [1.807, 2.05) is 36.4 Å². The molecule has 2 heterocycles. The molecule has 0 atom stereocenters. The number of fused-ring (bicyclic) bond motifs is 3. The summed E-state index contributed by atoms with van der Waals surface area (Å²) in [4.78, 5) is 41.3.